The highest BCUT2D eigenvalue weighted by Crippen LogP contribution is 2.26. The molecule has 0 aromatic carbocycles. The summed E-state index contributed by atoms with van der Waals surface area (Å²) in [5, 5.41) is 13.9. The zero-order valence-electron chi connectivity index (χ0n) is 11.7. The first-order valence-corrected chi connectivity index (χ1v) is 6.11. The average molecular weight is 267 g/mol. The molecule has 0 aliphatic heterocycles. The van der Waals surface area contributed by atoms with Gasteiger partial charge in [0.25, 0.3) is 5.69 Å². The van der Waals surface area contributed by atoms with Crippen molar-refractivity contribution in [3.05, 3.63) is 22.2 Å². The highest BCUT2D eigenvalue weighted by atomic mass is 16.6. The van der Waals surface area contributed by atoms with Crippen LogP contribution in [0.3, 0.4) is 0 Å². The molecule has 0 saturated heterocycles. The number of hydrogen-bond donors (Lipinski definition) is 3. The molecule has 0 saturated carbocycles. The molecule has 19 heavy (non-hydrogen) atoms. The molecule has 7 heteroatoms. The van der Waals surface area contributed by atoms with Crippen LogP contribution in [0.25, 0.3) is 0 Å². The van der Waals surface area contributed by atoms with E-state index in [9.17, 15) is 10.1 Å². The number of nitrogen functional groups attached to an aromatic ring is 1. The molecule has 0 fully saturated rings. The fourth-order valence-electron chi connectivity index (χ4n) is 1.35. The Hall–Kier alpha value is -1.89. The van der Waals surface area contributed by atoms with Crippen molar-refractivity contribution < 1.29 is 4.92 Å². The SMILES string of the molecule is CC(CNc1cc([N+](=O)[O-])cc(NN)n1)C(C)(C)C. The number of pyridine rings is 1. The molecule has 0 aliphatic carbocycles. The largest absolute Gasteiger partial charge is 0.370 e. The molecule has 1 aromatic rings. The van der Waals surface area contributed by atoms with Crippen LogP contribution in [0, 0.1) is 21.4 Å². The number of rotatable bonds is 5. The molecule has 1 rings (SSSR count). The summed E-state index contributed by atoms with van der Waals surface area (Å²) in [5.74, 6) is 6.35. The van der Waals surface area contributed by atoms with Crippen molar-refractivity contribution in [3.63, 3.8) is 0 Å². The molecule has 1 atom stereocenters. The Bertz CT molecular complexity index is 456. The Balaban J connectivity index is 2.83. The van der Waals surface area contributed by atoms with Gasteiger partial charge in [0.15, 0.2) is 0 Å². The van der Waals surface area contributed by atoms with Crippen molar-refractivity contribution in [1.82, 2.24) is 4.98 Å². The molecular weight excluding hydrogens is 246 g/mol. The Morgan fingerprint density at radius 2 is 2.00 bits per heavy atom. The minimum absolute atomic E-state index is 0.0474. The standard InChI is InChI=1S/C12H21N5O2/c1-8(12(2,3)4)7-14-10-5-9(17(18)19)6-11(15-10)16-13/h5-6,8H,7,13H2,1-4H3,(H2,14,15,16). The van der Waals surface area contributed by atoms with Crippen LogP contribution in [0.2, 0.25) is 0 Å². The van der Waals surface area contributed by atoms with Gasteiger partial charge in [0.1, 0.15) is 11.6 Å². The van der Waals surface area contributed by atoms with Gasteiger partial charge in [-0.2, -0.15) is 0 Å². The third-order valence-corrected chi connectivity index (χ3v) is 3.24. The maximum atomic E-state index is 10.8. The summed E-state index contributed by atoms with van der Waals surface area (Å²) in [6.07, 6.45) is 0. The maximum absolute atomic E-state index is 10.8. The van der Waals surface area contributed by atoms with E-state index in [1.165, 1.54) is 12.1 Å². The number of hydrogen-bond acceptors (Lipinski definition) is 6. The van der Waals surface area contributed by atoms with Crippen molar-refractivity contribution in [1.29, 1.82) is 0 Å². The lowest BCUT2D eigenvalue weighted by Gasteiger charge is -2.27. The van der Waals surface area contributed by atoms with Crippen molar-refractivity contribution in [2.24, 2.45) is 17.2 Å². The van der Waals surface area contributed by atoms with Crippen molar-refractivity contribution in [2.45, 2.75) is 27.7 Å². The van der Waals surface area contributed by atoms with Crippen LogP contribution >= 0.6 is 0 Å². The second-order valence-electron chi connectivity index (χ2n) is 5.65. The fraction of sp³-hybridized carbons (Fsp3) is 0.583. The molecule has 0 bridgehead atoms. The van der Waals surface area contributed by atoms with Crippen LogP contribution in [0.5, 0.6) is 0 Å². The summed E-state index contributed by atoms with van der Waals surface area (Å²) in [4.78, 5) is 14.5. The second-order valence-corrected chi connectivity index (χ2v) is 5.65. The second kappa shape index (κ2) is 5.83. The fourth-order valence-corrected chi connectivity index (χ4v) is 1.35. The highest BCUT2D eigenvalue weighted by molar-refractivity contribution is 5.54. The normalized spacial score (nSPS) is 12.9. The number of nitrogens with zero attached hydrogens (tertiary/aromatic N) is 2. The maximum Gasteiger partial charge on any atom is 0.276 e. The van der Waals surface area contributed by atoms with Crippen LogP contribution in [-0.2, 0) is 0 Å². The summed E-state index contributed by atoms with van der Waals surface area (Å²) >= 11 is 0. The first-order valence-electron chi connectivity index (χ1n) is 6.11. The molecule has 0 spiro atoms. The van der Waals surface area contributed by atoms with E-state index in [2.05, 4.69) is 43.4 Å². The monoisotopic (exact) mass is 267 g/mol. The number of aromatic nitrogens is 1. The number of nitrogens with two attached hydrogens (primary N) is 1. The summed E-state index contributed by atoms with van der Waals surface area (Å²) in [7, 11) is 0. The van der Waals surface area contributed by atoms with Gasteiger partial charge in [0, 0.05) is 6.54 Å². The summed E-state index contributed by atoms with van der Waals surface area (Å²) in [5.41, 5.74) is 2.43. The Morgan fingerprint density at radius 3 is 2.47 bits per heavy atom. The summed E-state index contributed by atoms with van der Waals surface area (Å²) < 4.78 is 0. The van der Waals surface area contributed by atoms with E-state index in [1.54, 1.807) is 0 Å². The van der Waals surface area contributed by atoms with Gasteiger partial charge in [-0.3, -0.25) is 10.1 Å². The lowest BCUT2D eigenvalue weighted by Crippen LogP contribution is -2.25. The third-order valence-electron chi connectivity index (χ3n) is 3.24. The van der Waals surface area contributed by atoms with Crippen LogP contribution in [0.1, 0.15) is 27.7 Å². The summed E-state index contributed by atoms with van der Waals surface area (Å²) in [6, 6.07) is 2.69. The Morgan fingerprint density at radius 1 is 1.42 bits per heavy atom. The lowest BCUT2D eigenvalue weighted by molar-refractivity contribution is -0.384. The predicted octanol–water partition coefficient (Wildman–Crippen LogP) is 2.37. The predicted molar refractivity (Wildman–Crippen MR) is 75.8 cm³/mol. The Kier molecular flexibility index (Phi) is 4.66. The number of anilines is 2. The number of nitrogens with one attached hydrogen (secondary N) is 2. The van der Waals surface area contributed by atoms with Crippen LogP contribution in [0.4, 0.5) is 17.3 Å². The number of hydrazine groups is 1. The van der Waals surface area contributed by atoms with Crippen molar-refractivity contribution in [2.75, 3.05) is 17.3 Å². The van der Waals surface area contributed by atoms with Gasteiger partial charge in [0.05, 0.1) is 17.1 Å². The van der Waals surface area contributed by atoms with Crippen LogP contribution in [-0.4, -0.2) is 16.5 Å². The van der Waals surface area contributed by atoms with E-state index in [0.29, 0.717) is 18.3 Å². The molecule has 7 nitrogen and oxygen atoms in total. The summed E-state index contributed by atoms with van der Waals surface area (Å²) in [6.45, 7) is 9.24. The van der Waals surface area contributed by atoms with Crippen molar-refractivity contribution in [3.8, 4) is 0 Å². The van der Waals surface area contributed by atoms with E-state index in [1.807, 2.05) is 0 Å². The Labute approximate surface area is 112 Å². The minimum atomic E-state index is -0.471. The number of nitro groups is 1. The van der Waals surface area contributed by atoms with Crippen LogP contribution < -0.4 is 16.6 Å². The molecule has 1 heterocycles. The van der Waals surface area contributed by atoms with E-state index in [4.69, 9.17) is 5.84 Å². The van der Waals surface area contributed by atoms with Gasteiger partial charge in [-0.25, -0.2) is 10.8 Å². The van der Waals surface area contributed by atoms with Gasteiger partial charge in [-0.1, -0.05) is 27.7 Å². The first kappa shape index (κ1) is 15.2. The van der Waals surface area contributed by atoms with E-state index >= 15 is 0 Å². The molecule has 0 aliphatic rings. The topological polar surface area (TPSA) is 106 Å². The smallest absolute Gasteiger partial charge is 0.276 e. The van der Waals surface area contributed by atoms with E-state index in [-0.39, 0.29) is 16.9 Å². The van der Waals surface area contributed by atoms with Gasteiger partial charge in [0.2, 0.25) is 0 Å². The molecule has 4 N–H and O–H groups in total. The molecule has 0 radical (unpaired) electrons. The third kappa shape index (κ3) is 4.36. The van der Waals surface area contributed by atoms with Gasteiger partial charge in [-0.05, 0) is 11.3 Å². The quantitative estimate of drug-likeness (QED) is 0.429. The zero-order chi connectivity index (χ0) is 14.6. The van der Waals surface area contributed by atoms with Gasteiger partial charge >= 0.3 is 0 Å². The molecular formula is C12H21N5O2. The molecule has 0 amide bonds. The lowest BCUT2D eigenvalue weighted by atomic mass is 9.82. The molecule has 1 aromatic heterocycles. The van der Waals surface area contributed by atoms with Gasteiger partial charge < -0.3 is 10.7 Å². The molecule has 1 unspecified atom stereocenters. The highest BCUT2D eigenvalue weighted by Gasteiger charge is 2.20. The zero-order valence-corrected chi connectivity index (χ0v) is 11.7. The van der Waals surface area contributed by atoms with E-state index < -0.39 is 4.92 Å². The first-order chi connectivity index (χ1) is 8.74. The van der Waals surface area contributed by atoms with Gasteiger partial charge in [-0.15, -0.1) is 0 Å². The van der Waals surface area contributed by atoms with Crippen LogP contribution in [0.15, 0.2) is 12.1 Å². The van der Waals surface area contributed by atoms with Crippen molar-refractivity contribution >= 4 is 17.3 Å². The average Bonchev–Trinajstić information content (AvgIpc) is 2.34. The minimum Gasteiger partial charge on any atom is -0.370 e. The van der Waals surface area contributed by atoms with E-state index in [0.717, 1.165) is 0 Å². The molecule has 106 valence electrons.